The normalized spacial score (nSPS) is 23.4. The minimum atomic E-state index is -0.0495. The second-order valence-electron chi connectivity index (χ2n) is 4.61. The second kappa shape index (κ2) is 6.53. The van der Waals surface area contributed by atoms with Gasteiger partial charge in [-0.1, -0.05) is 24.0 Å². The lowest BCUT2D eigenvalue weighted by atomic mass is 9.90. The van der Waals surface area contributed by atoms with Crippen LogP contribution in [-0.2, 0) is 6.61 Å². The number of nitrogens with zero attached hydrogens (tertiary/aromatic N) is 3. The maximum atomic E-state index is 9.04. The van der Waals surface area contributed by atoms with Gasteiger partial charge >= 0.3 is 0 Å². The molecule has 0 bridgehead atoms. The Labute approximate surface area is 108 Å². The maximum absolute atomic E-state index is 9.04. The standard InChI is InChI=1S/C13H20N4O/c1-2-3-8-14-12-6-4-5-7-13(12)17-9-11(10-18)15-16-17/h9,12-14,18H,4-8,10H2,1H3/t12-,13+/m0/s1. The fourth-order valence-electron chi connectivity index (χ4n) is 2.48. The molecule has 2 rings (SSSR count). The van der Waals surface area contributed by atoms with Crippen molar-refractivity contribution in [2.75, 3.05) is 6.54 Å². The summed E-state index contributed by atoms with van der Waals surface area (Å²) in [4.78, 5) is 0. The molecule has 5 heteroatoms. The lowest BCUT2D eigenvalue weighted by Crippen LogP contribution is -2.40. The highest BCUT2D eigenvalue weighted by Gasteiger charge is 2.26. The Kier molecular flexibility index (Phi) is 4.73. The number of hydrogen-bond acceptors (Lipinski definition) is 4. The van der Waals surface area contributed by atoms with Crippen LogP contribution in [0.15, 0.2) is 6.20 Å². The van der Waals surface area contributed by atoms with Crippen molar-refractivity contribution in [1.29, 1.82) is 0 Å². The van der Waals surface area contributed by atoms with Crippen molar-refractivity contribution in [2.45, 2.75) is 51.3 Å². The van der Waals surface area contributed by atoms with Crippen LogP contribution in [-0.4, -0.2) is 32.7 Å². The molecule has 18 heavy (non-hydrogen) atoms. The molecule has 5 nitrogen and oxygen atoms in total. The first-order valence-electron chi connectivity index (χ1n) is 6.49. The van der Waals surface area contributed by atoms with E-state index in [2.05, 4.69) is 27.5 Å². The molecule has 1 aromatic rings. The summed E-state index contributed by atoms with van der Waals surface area (Å²) in [6.45, 7) is 2.52. The average Bonchev–Trinajstić information content (AvgIpc) is 2.88. The van der Waals surface area contributed by atoms with Gasteiger partial charge in [-0.05, 0) is 19.8 Å². The first-order chi connectivity index (χ1) is 8.85. The fourth-order valence-corrected chi connectivity index (χ4v) is 2.48. The Hall–Kier alpha value is -1.38. The van der Waals surface area contributed by atoms with E-state index >= 15 is 0 Å². The number of nitrogens with one attached hydrogen (secondary N) is 1. The summed E-state index contributed by atoms with van der Waals surface area (Å²) in [5, 5.41) is 20.6. The van der Waals surface area contributed by atoms with Crippen LogP contribution in [0.25, 0.3) is 0 Å². The van der Waals surface area contributed by atoms with Crippen LogP contribution in [0.2, 0.25) is 0 Å². The van der Waals surface area contributed by atoms with Crippen LogP contribution in [0, 0.1) is 11.8 Å². The second-order valence-corrected chi connectivity index (χ2v) is 4.61. The summed E-state index contributed by atoms with van der Waals surface area (Å²) in [6.07, 6.45) is 6.55. The van der Waals surface area contributed by atoms with Crippen LogP contribution in [0.3, 0.4) is 0 Å². The summed E-state index contributed by atoms with van der Waals surface area (Å²) in [5.74, 6) is 5.93. The highest BCUT2D eigenvalue weighted by atomic mass is 16.3. The molecule has 2 N–H and O–H groups in total. The van der Waals surface area contributed by atoms with Crippen LogP contribution in [0.4, 0.5) is 0 Å². The van der Waals surface area contributed by atoms with Crippen molar-refractivity contribution >= 4 is 0 Å². The smallest absolute Gasteiger partial charge is 0.108 e. The van der Waals surface area contributed by atoms with Gasteiger partial charge in [-0.3, -0.25) is 0 Å². The van der Waals surface area contributed by atoms with Crippen LogP contribution < -0.4 is 5.32 Å². The Morgan fingerprint density at radius 3 is 3.06 bits per heavy atom. The zero-order chi connectivity index (χ0) is 12.8. The Balaban J connectivity index is 2.03. The summed E-state index contributed by atoms with van der Waals surface area (Å²) < 4.78 is 1.89. The minimum absolute atomic E-state index is 0.0495. The molecule has 0 saturated heterocycles. The topological polar surface area (TPSA) is 63.0 Å². The molecule has 0 radical (unpaired) electrons. The first kappa shape index (κ1) is 13.1. The summed E-state index contributed by atoms with van der Waals surface area (Å²) in [5.41, 5.74) is 0.632. The Bertz CT molecular complexity index is 432. The first-order valence-corrected chi connectivity index (χ1v) is 6.49. The molecule has 0 spiro atoms. The molecular formula is C13H20N4O. The SMILES string of the molecule is CC#CCN[C@H]1CCCC[C@H]1n1cc(CO)nn1. The van der Waals surface area contributed by atoms with Gasteiger partial charge in [0.2, 0.25) is 0 Å². The molecule has 1 aromatic heterocycles. The van der Waals surface area contributed by atoms with Crippen molar-refractivity contribution in [3.63, 3.8) is 0 Å². The van der Waals surface area contributed by atoms with Crippen molar-refractivity contribution in [1.82, 2.24) is 20.3 Å². The number of rotatable bonds is 4. The van der Waals surface area contributed by atoms with E-state index in [1.807, 2.05) is 17.8 Å². The highest BCUT2D eigenvalue weighted by Crippen LogP contribution is 2.28. The van der Waals surface area contributed by atoms with E-state index in [0.29, 0.717) is 17.8 Å². The lowest BCUT2D eigenvalue weighted by molar-refractivity contribution is 0.249. The molecule has 0 aliphatic heterocycles. The highest BCUT2D eigenvalue weighted by molar-refractivity contribution is 4.99. The monoisotopic (exact) mass is 248 g/mol. The van der Waals surface area contributed by atoms with Crippen molar-refractivity contribution in [2.24, 2.45) is 0 Å². The summed E-state index contributed by atoms with van der Waals surface area (Å²) in [6, 6.07) is 0.720. The lowest BCUT2D eigenvalue weighted by Gasteiger charge is -2.31. The van der Waals surface area contributed by atoms with Gasteiger partial charge in [0.25, 0.3) is 0 Å². The molecular weight excluding hydrogens is 228 g/mol. The van der Waals surface area contributed by atoms with Crippen LogP contribution in [0.5, 0.6) is 0 Å². The number of aliphatic hydroxyl groups is 1. The summed E-state index contributed by atoms with van der Waals surface area (Å²) in [7, 11) is 0. The van der Waals surface area contributed by atoms with E-state index in [1.165, 1.54) is 12.8 Å². The predicted octanol–water partition coefficient (Wildman–Crippen LogP) is 0.867. The van der Waals surface area contributed by atoms with Gasteiger partial charge in [-0.15, -0.1) is 11.0 Å². The van der Waals surface area contributed by atoms with E-state index in [4.69, 9.17) is 5.11 Å². The van der Waals surface area contributed by atoms with Crippen molar-refractivity contribution in [3.8, 4) is 11.8 Å². The molecule has 2 atom stereocenters. The van der Waals surface area contributed by atoms with Gasteiger partial charge < -0.3 is 10.4 Å². The van der Waals surface area contributed by atoms with E-state index in [0.717, 1.165) is 19.4 Å². The predicted molar refractivity (Wildman–Crippen MR) is 68.7 cm³/mol. The maximum Gasteiger partial charge on any atom is 0.108 e. The van der Waals surface area contributed by atoms with E-state index in [-0.39, 0.29) is 6.61 Å². The molecule has 1 fully saturated rings. The molecule has 98 valence electrons. The third kappa shape index (κ3) is 3.09. The number of aromatic nitrogens is 3. The zero-order valence-electron chi connectivity index (χ0n) is 10.8. The zero-order valence-corrected chi connectivity index (χ0v) is 10.8. The largest absolute Gasteiger partial charge is 0.390 e. The van der Waals surface area contributed by atoms with Crippen molar-refractivity contribution < 1.29 is 5.11 Å². The molecule has 0 amide bonds. The van der Waals surface area contributed by atoms with Gasteiger partial charge in [0.05, 0.1) is 25.4 Å². The quantitative estimate of drug-likeness (QED) is 0.776. The molecule has 1 saturated carbocycles. The fraction of sp³-hybridized carbons (Fsp3) is 0.692. The molecule has 0 aromatic carbocycles. The van der Waals surface area contributed by atoms with Crippen LogP contribution >= 0.6 is 0 Å². The number of aliphatic hydroxyl groups excluding tert-OH is 1. The van der Waals surface area contributed by atoms with Crippen LogP contribution in [0.1, 0.15) is 44.3 Å². The Morgan fingerprint density at radius 1 is 1.50 bits per heavy atom. The van der Waals surface area contributed by atoms with Gasteiger partial charge in [0.1, 0.15) is 5.69 Å². The van der Waals surface area contributed by atoms with E-state index < -0.39 is 0 Å². The molecule has 1 heterocycles. The number of hydrogen-bond donors (Lipinski definition) is 2. The molecule has 1 aliphatic rings. The van der Waals surface area contributed by atoms with E-state index in [9.17, 15) is 0 Å². The summed E-state index contributed by atoms with van der Waals surface area (Å²) >= 11 is 0. The van der Waals surface area contributed by atoms with Crippen molar-refractivity contribution in [3.05, 3.63) is 11.9 Å². The average molecular weight is 248 g/mol. The van der Waals surface area contributed by atoms with Gasteiger partial charge in [0, 0.05) is 6.04 Å². The van der Waals surface area contributed by atoms with Gasteiger partial charge in [0.15, 0.2) is 0 Å². The third-order valence-electron chi connectivity index (χ3n) is 3.42. The van der Waals surface area contributed by atoms with Gasteiger partial charge in [-0.2, -0.15) is 0 Å². The third-order valence-corrected chi connectivity index (χ3v) is 3.42. The molecule has 1 aliphatic carbocycles. The Morgan fingerprint density at radius 2 is 2.33 bits per heavy atom. The van der Waals surface area contributed by atoms with Gasteiger partial charge in [-0.25, -0.2) is 4.68 Å². The van der Waals surface area contributed by atoms with E-state index in [1.54, 1.807) is 0 Å². The minimum Gasteiger partial charge on any atom is -0.390 e. The molecule has 0 unspecified atom stereocenters.